The second-order valence-corrected chi connectivity index (χ2v) is 6.13. The number of carbonyl (C=O) groups excluding carboxylic acids is 1. The summed E-state index contributed by atoms with van der Waals surface area (Å²) in [6, 6.07) is 0.165. The Hall–Kier alpha value is -1.26. The molecule has 3 N–H and O–H groups in total. The van der Waals surface area contributed by atoms with Gasteiger partial charge in [0.05, 0.1) is 5.92 Å². The van der Waals surface area contributed by atoms with Crippen LogP contribution in [0.15, 0.2) is 0 Å². The van der Waals surface area contributed by atoms with E-state index in [1.54, 1.807) is 0 Å². The fraction of sp³-hybridized carbons (Fsp3) is 0.857. The van der Waals surface area contributed by atoms with Crippen LogP contribution in [0.2, 0.25) is 0 Å². The maximum absolute atomic E-state index is 11.9. The molecule has 0 saturated heterocycles. The molecule has 0 aromatic carbocycles. The van der Waals surface area contributed by atoms with Gasteiger partial charge in [0.25, 0.3) is 0 Å². The number of aliphatic carboxylic acids is 1. The normalized spacial score (nSPS) is 34.8. The molecule has 5 nitrogen and oxygen atoms in total. The van der Waals surface area contributed by atoms with Crippen LogP contribution in [-0.2, 0) is 4.79 Å². The Morgan fingerprint density at radius 2 is 1.68 bits per heavy atom. The first-order chi connectivity index (χ1) is 9.04. The summed E-state index contributed by atoms with van der Waals surface area (Å²) in [5, 5.41) is 15.0. The van der Waals surface area contributed by atoms with Gasteiger partial charge in [0.1, 0.15) is 0 Å². The molecule has 0 aromatic rings. The Morgan fingerprint density at radius 3 is 2.26 bits per heavy atom. The quantitative estimate of drug-likeness (QED) is 0.733. The first-order valence-corrected chi connectivity index (χ1v) is 7.34. The van der Waals surface area contributed by atoms with E-state index in [1.165, 1.54) is 6.42 Å². The van der Waals surface area contributed by atoms with E-state index in [1.807, 2.05) is 0 Å². The molecule has 4 unspecified atom stereocenters. The van der Waals surface area contributed by atoms with Gasteiger partial charge in [0, 0.05) is 12.1 Å². The standard InChI is InChI=1S/C14H24N2O3/c1-9-5-6-12(7-9)16-14(19)15-11-4-2-3-10(8-11)13(17)18/h9-12H,2-8H2,1H3,(H,17,18)(H2,15,16,19). The number of carboxylic acids is 1. The summed E-state index contributed by atoms with van der Waals surface area (Å²) < 4.78 is 0. The first kappa shape index (κ1) is 14.2. The lowest BCUT2D eigenvalue weighted by molar-refractivity contribution is -0.143. The summed E-state index contributed by atoms with van der Waals surface area (Å²) in [6.07, 6.45) is 6.34. The van der Waals surface area contributed by atoms with E-state index < -0.39 is 5.97 Å². The van der Waals surface area contributed by atoms with Crippen LogP contribution >= 0.6 is 0 Å². The summed E-state index contributed by atoms with van der Waals surface area (Å²) in [5.41, 5.74) is 0. The summed E-state index contributed by atoms with van der Waals surface area (Å²) in [6.45, 7) is 2.21. The molecule has 2 amide bonds. The van der Waals surface area contributed by atoms with Crippen LogP contribution < -0.4 is 10.6 Å². The third-order valence-corrected chi connectivity index (χ3v) is 4.39. The number of nitrogens with one attached hydrogen (secondary N) is 2. The topological polar surface area (TPSA) is 78.4 Å². The number of hydrogen-bond donors (Lipinski definition) is 3. The summed E-state index contributed by atoms with van der Waals surface area (Å²) in [4.78, 5) is 22.9. The lowest BCUT2D eigenvalue weighted by Crippen LogP contribution is -2.47. The molecule has 2 saturated carbocycles. The summed E-state index contributed by atoms with van der Waals surface area (Å²) >= 11 is 0. The average Bonchev–Trinajstić information content (AvgIpc) is 2.74. The molecule has 0 heterocycles. The Bertz CT molecular complexity index is 346. The first-order valence-electron chi connectivity index (χ1n) is 7.34. The van der Waals surface area contributed by atoms with Crippen LogP contribution in [0.4, 0.5) is 4.79 Å². The van der Waals surface area contributed by atoms with Crippen LogP contribution in [0.1, 0.15) is 51.9 Å². The van der Waals surface area contributed by atoms with Gasteiger partial charge in [-0.25, -0.2) is 4.79 Å². The molecular formula is C14H24N2O3. The van der Waals surface area contributed by atoms with Gasteiger partial charge in [-0.3, -0.25) is 4.79 Å². The van der Waals surface area contributed by atoms with Crippen molar-refractivity contribution in [3.8, 4) is 0 Å². The molecule has 0 bridgehead atoms. The third kappa shape index (κ3) is 4.11. The van der Waals surface area contributed by atoms with Crippen molar-refractivity contribution in [1.29, 1.82) is 0 Å². The molecule has 2 rings (SSSR count). The largest absolute Gasteiger partial charge is 0.481 e. The number of hydrogen-bond acceptors (Lipinski definition) is 2. The van der Waals surface area contributed by atoms with Crippen LogP contribution in [0, 0.1) is 11.8 Å². The lowest BCUT2D eigenvalue weighted by Gasteiger charge is -2.28. The Morgan fingerprint density at radius 1 is 1.00 bits per heavy atom. The van der Waals surface area contributed by atoms with Crippen LogP contribution in [-0.4, -0.2) is 29.2 Å². The summed E-state index contributed by atoms with van der Waals surface area (Å²) in [5.74, 6) is -0.349. The predicted molar refractivity (Wildman–Crippen MR) is 71.9 cm³/mol. The molecule has 5 heteroatoms. The SMILES string of the molecule is CC1CCC(NC(=O)NC2CCCC(C(=O)O)C2)C1. The van der Waals surface area contributed by atoms with Crippen LogP contribution in [0.25, 0.3) is 0 Å². The van der Waals surface area contributed by atoms with Gasteiger partial charge in [-0.2, -0.15) is 0 Å². The molecule has 2 aliphatic carbocycles. The van der Waals surface area contributed by atoms with Crippen molar-refractivity contribution in [3.05, 3.63) is 0 Å². The van der Waals surface area contributed by atoms with E-state index in [9.17, 15) is 9.59 Å². The molecule has 2 aliphatic rings. The average molecular weight is 268 g/mol. The summed E-state index contributed by atoms with van der Waals surface area (Å²) in [7, 11) is 0. The highest BCUT2D eigenvalue weighted by atomic mass is 16.4. The number of carboxylic acid groups (broad SMARTS) is 1. The molecule has 2 fully saturated rings. The minimum Gasteiger partial charge on any atom is -0.481 e. The van der Waals surface area contributed by atoms with Gasteiger partial charge in [0.15, 0.2) is 0 Å². The zero-order chi connectivity index (χ0) is 13.8. The Labute approximate surface area is 114 Å². The molecule has 108 valence electrons. The zero-order valence-electron chi connectivity index (χ0n) is 11.5. The number of rotatable bonds is 3. The van der Waals surface area contributed by atoms with Crippen molar-refractivity contribution in [2.75, 3.05) is 0 Å². The molecule has 0 radical (unpaired) electrons. The minimum absolute atomic E-state index is 0.00803. The third-order valence-electron chi connectivity index (χ3n) is 4.39. The number of carbonyl (C=O) groups is 2. The van der Waals surface area contributed by atoms with Gasteiger partial charge in [-0.1, -0.05) is 13.3 Å². The minimum atomic E-state index is -0.739. The van der Waals surface area contributed by atoms with Crippen molar-refractivity contribution in [3.63, 3.8) is 0 Å². The fourth-order valence-electron chi connectivity index (χ4n) is 3.30. The lowest BCUT2D eigenvalue weighted by atomic mass is 9.86. The Balaban J connectivity index is 1.74. The number of amides is 2. The van der Waals surface area contributed by atoms with Crippen molar-refractivity contribution in [2.45, 2.75) is 64.0 Å². The molecule has 4 atom stereocenters. The smallest absolute Gasteiger partial charge is 0.315 e. The van der Waals surface area contributed by atoms with E-state index >= 15 is 0 Å². The van der Waals surface area contributed by atoms with Gasteiger partial charge >= 0.3 is 12.0 Å². The highest BCUT2D eigenvalue weighted by Crippen LogP contribution is 2.26. The Kier molecular flexibility index (Phi) is 4.66. The maximum Gasteiger partial charge on any atom is 0.315 e. The fourth-order valence-corrected chi connectivity index (χ4v) is 3.30. The second-order valence-electron chi connectivity index (χ2n) is 6.13. The second kappa shape index (κ2) is 6.26. The van der Waals surface area contributed by atoms with E-state index in [0.717, 1.165) is 32.1 Å². The molecule has 0 aromatic heterocycles. The van der Waals surface area contributed by atoms with Gasteiger partial charge in [-0.05, 0) is 44.4 Å². The van der Waals surface area contributed by atoms with E-state index in [0.29, 0.717) is 12.3 Å². The van der Waals surface area contributed by atoms with Crippen molar-refractivity contribution in [1.82, 2.24) is 10.6 Å². The van der Waals surface area contributed by atoms with Crippen molar-refractivity contribution < 1.29 is 14.7 Å². The molecule has 0 aliphatic heterocycles. The van der Waals surface area contributed by atoms with Crippen LogP contribution in [0.5, 0.6) is 0 Å². The van der Waals surface area contributed by atoms with Gasteiger partial charge in [0.2, 0.25) is 0 Å². The van der Waals surface area contributed by atoms with Crippen molar-refractivity contribution >= 4 is 12.0 Å². The van der Waals surface area contributed by atoms with E-state index in [4.69, 9.17) is 5.11 Å². The molecule has 0 spiro atoms. The molecular weight excluding hydrogens is 244 g/mol. The zero-order valence-corrected chi connectivity index (χ0v) is 11.5. The number of urea groups is 1. The van der Waals surface area contributed by atoms with E-state index in [-0.39, 0.29) is 24.0 Å². The highest BCUT2D eigenvalue weighted by Gasteiger charge is 2.29. The van der Waals surface area contributed by atoms with Crippen LogP contribution in [0.3, 0.4) is 0 Å². The maximum atomic E-state index is 11.9. The van der Waals surface area contributed by atoms with Gasteiger partial charge in [-0.15, -0.1) is 0 Å². The highest BCUT2D eigenvalue weighted by molar-refractivity contribution is 5.75. The monoisotopic (exact) mass is 268 g/mol. The molecule has 19 heavy (non-hydrogen) atoms. The van der Waals surface area contributed by atoms with Gasteiger partial charge < -0.3 is 15.7 Å². The predicted octanol–water partition coefficient (Wildman–Crippen LogP) is 2.12. The van der Waals surface area contributed by atoms with E-state index in [2.05, 4.69) is 17.6 Å². The van der Waals surface area contributed by atoms with Crippen molar-refractivity contribution in [2.24, 2.45) is 11.8 Å².